The van der Waals surface area contributed by atoms with Crippen molar-refractivity contribution in [1.82, 2.24) is 0 Å². The molecule has 0 rings (SSSR count). The van der Waals surface area contributed by atoms with Gasteiger partial charge >= 0.3 is 122 Å². The molecule has 7 heteroatoms. The van der Waals surface area contributed by atoms with Crippen LogP contribution in [0.3, 0.4) is 0 Å². The molecule has 98 valence electrons. The van der Waals surface area contributed by atoms with Gasteiger partial charge in [0.2, 0.25) is 0 Å². The summed E-state index contributed by atoms with van der Waals surface area (Å²) in [5.74, 6) is 0. The molecule has 0 bridgehead atoms. The van der Waals surface area contributed by atoms with Crippen molar-refractivity contribution in [2.24, 2.45) is 0 Å². The van der Waals surface area contributed by atoms with Crippen molar-refractivity contribution in [1.29, 1.82) is 0 Å². The molecule has 0 saturated heterocycles. The van der Waals surface area contributed by atoms with Crippen molar-refractivity contribution in [2.75, 3.05) is 19.8 Å². The number of hydrogen-bond acceptors (Lipinski definition) is 3. The molecule has 0 aliphatic carbocycles. The minimum atomic E-state index is -2.60. The van der Waals surface area contributed by atoms with Gasteiger partial charge in [0.1, 0.15) is 0 Å². The van der Waals surface area contributed by atoms with Crippen LogP contribution in [-0.4, -0.2) is 57.4 Å². The van der Waals surface area contributed by atoms with E-state index in [2.05, 4.69) is 0 Å². The van der Waals surface area contributed by atoms with E-state index < -0.39 is 21.5 Å². The summed E-state index contributed by atoms with van der Waals surface area (Å²) in [5, 5.41) is -0.164. The van der Waals surface area contributed by atoms with Gasteiger partial charge in [0, 0.05) is 0 Å². The number of rotatable bonds is 9. The van der Waals surface area contributed by atoms with Crippen LogP contribution in [0, 0.1) is 0 Å². The van der Waals surface area contributed by atoms with Crippen LogP contribution in [-0.2, 0) is 9.05 Å². The van der Waals surface area contributed by atoms with E-state index in [1.54, 1.807) is 0 Å². The monoisotopic (exact) mass is 400 g/mol. The van der Waals surface area contributed by atoms with Crippen LogP contribution in [0.25, 0.3) is 0 Å². The third-order valence-electron chi connectivity index (χ3n) is 1.23. The van der Waals surface area contributed by atoms with Crippen LogP contribution >= 0.6 is 34.8 Å². The predicted molar refractivity (Wildman–Crippen MR) is 69.6 cm³/mol. The van der Waals surface area contributed by atoms with Gasteiger partial charge in [-0.25, -0.2) is 0 Å². The Hall–Kier alpha value is 1.57. The van der Waals surface area contributed by atoms with Crippen molar-refractivity contribution >= 4 is 56.3 Å². The van der Waals surface area contributed by atoms with E-state index >= 15 is 0 Å². The Kier molecular flexibility index (Phi) is 11.5. The molecular weight excluding hydrogens is 384 g/mol. The minimum absolute atomic E-state index is 0.0546. The van der Waals surface area contributed by atoms with Crippen molar-refractivity contribution in [3.8, 4) is 0 Å². The summed E-state index contributed by atoms with van der Waals surface area (Å²) in [6.07, 6.45) is 0. The second kappa shape index (κ2) is 10.5. The average molecular weight is 402 g/mol. The fraction of sp³-hybridized carbons (Fsp3) is 1.00. The van der Waals surface area contributed by atoms with Crippen molar-refractivity contribution in [3.63, 3.8) is 0 Å². The van der Waals surface area contributed by atoms with Gasteiger partial charge in [-0.15, -0.1) is 0 Å². The number of alkyl halides is 3. The molecule has 0 radical (unpaired) electrons. The molecule has 0 aliphatic heterocycles. The van der Waals surface area contributed by atoms with Crippen molar-refractivity contribution in [3.05, 3.63) is 0 Å². The van der Waals surface area contributed by atoms with E-state index in [0.717, 1.165) is 0 Å². The Bertz CT molecular complexity index is 142. The Labute approximate surface area is 121 Å². The van der Waals surface area contributed by atoms with Crippen molar-refractivity contribution < 1.29 is 9.05 Å². The molecule has 0 spiro atoms. The van der Waals surface area contributed by atoms with Crippen LogP contribution in [0.1, 0.15) is 20.8 Å². The fourth-order valence-electron chi connectivity index (χ4n) is 0.602. The summed E-state index contributed by atoms with van der Waals surface area (Å²) in [5.41, 5.74) is 0. The topological polar surface area (TPSA) is 27.7 Å². The molecule has 0 aliphatic rings. The maximum atomic E-state index is 5.79. The maximum absolute atomic E-state index is 5.79. The third kappa shape index (κ3) is 12.0. The summed E-state index contributed by atoms with van der Waals surface area (Å²) in [4.78, 5) is 0. The van der Waals surface area contributed by atoms with Crippen LogP contribution in [0.15, 0.2) is 0 Å². The standard InChI is InChI=1S/3C3H6ClO.Sb/c3*1-3(4)2-5;/h3*3H,2H2,1H3;/q3*-1;+3. The molecule has 0 aromatic carbocycles. The van der Waals surface area contributed by atoms with Gasteiger partial charge in [0.05, 0.1) is 0 Å². The molecule has 0 aromatic heterocycles. The molecule has 0 aromatic rings. The Morgan fingerprint density at radius 1 is 0.750 bits per heavy atom. The van der Waals surface area contributed by atoms with Gasteiger partial charge < -0.3 is 0 Å². The Balaban J connectivity index is 3.85. The Morgan fingerprint density at radius 2 is 1.00 bits per heavy atom. The molecule has 3 atom stereocenters. The van der Waals surface area contributed by atoms with Crippen LogP contribution in [0.5, 0.6) is 0 Å². The van der Waals surface area contributed by atoms with Crippen LogP contribution < -0.4 is 0 Å². The summed E-state index contributed by atoms with van der Waals surface area (Å²) in [6.45, 7) is 6.85. The average Bonchev–Trinajstić information content (AvgIpc) is 2.15. The van der Waals surface area contributed by atoms with Gasteiger partial charge in [-0.3, -0.25) is 0 Å². The SMILES string of the molecule is CC(Cl)C[O][Sb]([O]CC(C)Cl)[O]CC(C)Cl. The molecule has 0 saturated carbocycles. The predicted octanol–water partition coefficient (Wildman–Crippen LogP) is 2.90. The first-order valence-corrected chi connectivity index (χ1v) is 9.46. The van der Waals surface area contributed by atoms with E-state index in [4.69, 9.17) is 43.8 Å². The molecule has 0 heterocycles. The summed E-state index contributed by atoms with van der Waals surface area (Å²) >= 11 is 14.8. The van der Waals surface area contributed by atoms with Crippen LogP contribution in [0.2, 0.25) is 0 Å². The van der Waals surface area contributed by atoms with Gasteiger partial charge in [-0.2, -0.15) is 0 Å². The first-order chi connectivity index (χ1) is 7.41. The molecule has 0 N–H and O–H groups in total. The molecule has 3 nitrogen and oxygen atoms in total. The zero-order valence-corrected chi connectivity index (χ0v) is 14.5. The molecule has 16 heavy (non-hydrogen) atoms. The first-order valence-electron chi connectivity index (χ1n) is 5.03. The number of halogens is 3. The van der Waals surface area contributed by atoms with Gasteiger partial charge in [-0.1, -0.05) is 0 Å². The summed E-state index contributed by atoms with van der Waals surface area (Å²) < 4.78 is 16.5. The quantitative estimate of drug-likeness (QED) is 0.439. The van der Waals surface area contributed by atoms with E-state index in [1.807, 2.05) is 20.8 Å². The van der Waals surface area contributed by atoms with Gasteiger partial charge in [0.25, 0.3) is 0 Å². The zero-order chi connectivity index (χ0) is 12.6. The molecule has 3 unspecified atom stereocenters. The van der Waals surface area contributed by atoms with Gasteiger partial charge in [-0.05, 0) is 0 Å². The van der Waals surface area contributed by atoms with E-state index in [9.17, 15) is 0 Å². The normalized spacial score (nSPS) is 17.4. The zero-order valence-electron chi connectivity index (χ0n) is 9.66. The second-order valence-electron chi connectivity index (χ2n) is 3.45. The van der Waals surface area contributed by atoms with E-state index in [-0.39, 0.29) is 16.1 Å². The fourth-order valence-corrected chi connectivity index (χ4v) is 5.18. The summed E-state index contributed by atoms with van der Waals surface area (Å²) in [7, 11) is 0. The third-order valence-corrected chi connectivity index (χ3v) is 4.69. The molecule has 0 amide bonds. The molecule has 0 fully saturated rings. The Morgan fingerprint density at radius 3 is 1.19 bits per heavy atom. The van der Waals surface area contributed by atoms with Gasteiger partial charge in [0.15, 0.2) is 0 Å². The van der Waals surface area contributed by atoms with Crippen molar-refractivity contribution in [2.45, 2.75) is 36.9 Å². The number of hydrogen-bond donors (Lipinski definition) is 0. The van der Waals surface area contributed by atoms with Crippen LogP contribution in [0.4, 0.5) is 0 Å². The van der Waals surface area contributed by atoms with E-state index in [1.165, 1.54) is 0 Å². The summed E-state index contributed by atoms with van der Waals surface area (Å²) in [6, 6.07) is 0. The first kappa shape index (κ1) is 17.6. The second-order valence-corrected chi connectivity index (χ2v) is 9.18. The van der Waals surface area contributed by atoms with E-state index in [0.29, 0.717) is 19.8 Å². The molecular formula is C9H18Cl3O3Sb.